The molecule has 2 aromatic heterocycles. The Labute approximate surface area is 185 Å². The largest absolute Gasteiger partial charge is 0.495 e. The van der Waals surface area contributed by atoms with E-state index in [9.17, 15) is 4.79 Å². The lowest BCUT2D eigenvalue weighted by Crippen LogP contribution is -2.50. The number of carbonyl (C=O) groups is 1. The summed E-state index contributed by atoms with van der Waals surface area (Å²) >= 11 is 6.14. The van der Waals surface area contributed by atoms with E-state index in [-0.39, 0.29) is 6.03 Å². The highest BCUT2D eigenvalue weighted by Gasteiger charge is 2.23. The maximum atomic E-state index is 12.6. The molecule has 1 aliphatic heterocycles. The third-order valence-corrected chi connectivity index (χ3v) is 5.45. The van der Waals surface area contributed by atoms with E-state index >= 15 is 0 Å². The van der Waals surface area contributed by atoms with Crippen molar-refractivity contribution in [2.75, 3.05) is 43.5 Å². The summed E-state index contributed by atoms with van der Waals surface area (Å²) in [6.45, 7) is 6.45. The number of urea groups is 1. The monoisotopic (exact) mass is 441 g/mol. The summed E-state index contributed by atoms with van der Waals surface area (Å²) in [6, 6.07) is 8.94. The fourth-order valence-corrected chi connectivity index (χ4v) is 3.83. The number of aryl methyl sites for hydroxylation is 2. The number of rotatable bonds is 4. The van der Waals surface area contributed by atoms with E-state index in [1.807, 2.05) is 30.7 Å². The van der Waals surface area contributed by atoms with Crippen LogP contribution in [0.2, 0.25) is 5.02 Å². The Kier molecular flexibility index (Phi) is 5.94. The molecule has 0 bridgehead atoms. The van der Waals surface area contributed by atoms with Crippen LogP contribution in [0.4, 0.5) is 16.3 Å². The second-order valence-electron chi connectivity index (χ2n) is 7.33. The number of aromatic nitrogens is 4. The number of amides is 2. The average Bonchev–Trinajstić information content (AvgIpc) is 3.12. The fraction of sp³-hybridized carbons (Fsp3) is 0.333. The number of anilines is 2. The van der Waals surface area contributed by atoms with E-state index in [0.29, 0.717) is 42.6 Å². The number of methoxy groups -OCH3 is 1. The Hall–Kier alpha value is -3.33. The first-order valence-corrected chi connectivity index (χ1v) is 10.3. The summed E-state index contributed by atoms with van der Waals surface area (Å²) in [5.74, 6) is 2.12. The average molecular weight is 442 g/mol. The first-order chi connectivity index (χ1) is 14.9. The van der Waals surface area contributed by atoms with Crippen LogP contribution in [0.3, 0.4) is 0 Å². The molecule has 10 heteroatoms. The van der Waals surface area contributed by atoms with Crippen molar-refractivity contribution in [2.45, 2.75) is 13.8 Å². The molecular weight excluding hydrogens is 418 g/mol. The lowest BCUT2D eigenvalue weighted by molar-refractivity contribution is 0.208. The first-order valence-electron chi connectivity index (χ1n) is 9.94. The molecule has 9 nitrogen and oxygen atoms in total. The number of carbonyl (C=O) groups excluding carboxylic acids is 1. The molecule has 1 saturated heterocycles. The van der Waals surface area contributed by atoms with Crippen molar-refractivity contribution >= 4 is 29.1 Å². The van der Waals surface area contributed by atoms with Gasteiger partial charge in [-0.05, 0) is 38.1 Å². The summed E-state index contributed by atoms with van der Waals surface area (Å²) < 4.78 is 6.95. The number of hydrogen-bond acceptors (Lipinski definition) is 6. The third kappa shape index (κ3) is 4.56. The molecule has 0 radical (unpaired) electrons. The molecule has 0 unspecified atom stereocenters. The summed E-state index contributed by atoms with van der Waals surface area (Å²) in [5, 5.41) is 7.83. The Morgan fingerprint density at radius 1 is 1.06 bits per heavy atom. The lowest BCUT2D eigenvalue weighted by atomic mass is 10.3. The summed E-state index contributed by atoms with van der Waals surface area (Å²) in [5.41, 5.74) is 2.58. The number of hydrogen-bond donors (Lipinski definition) is 1. The Bertz CT molecular complexity index is 1090. The molecule has 0 atom stereocenters. The molecule has 0 aliphatic carbocycles. The van der Waals surface area contributed by atoms with Gasteiger partial charge in [0.15, 0.2) is 5.82 Å². The zero-order valence-corrected chi connectivity index (χ0v) is 18.4. The van der Waals surface area contributed by atoms with E-state index in [1.54, 1.807) is 36.5 Å². The van der Waals surface area contributed by atoms with Crippen molar-refractivity contribution in [2.24, 2.45) is 0 Å². The van der Waals surface area contributed by atoms with Crippen molar-refractivity contribution in [3.8, 4) is 11.6 Å². The van der Waals surface area contributed by atoms with Gasteiger partial charge in [-0.15, -0.1) is 0 Å². The number of halogens is 1. The van der Waals surface area contributed by atoms with Crippen LogP contribution in [0, 0.1) is 13.8 Å². The highest BCUT2D eigenvalue weighted by Crippen LogP contribution is 2.27. The van der Waals surface area contributed by atoms with Gasteiger partial charge in [0.05, 0.1) is 17.8 Å². The summed E-state index contributed by atoms with van der Waals surface area (Å²) in [6.07, 6.45) is 1.55. The van der Waals surface area contributed by atoms with Gasteiger partial charge in [0.25, 0.3) is 0 Å². The predicted octanol–water partition coefficient (Wildman–Crippen LogP) is 3.30. The molecule has 1 aliphatic rings. The van der Waals surface area contributed by atoms with E-state index in [1.165, 1.54) is 0 Å². The minimum atomic E-state index is -0.160. The first kappa shape index (κ1) is 20.9. The fourth-order valence-electron chi connectivity index (χ4n) is 3.57. The van der Waals surface area contributed by atoms with Gasteiger partial charge in [-0.3, -0.25) is 0 Å². The molecule has 31 heavy (non-hydrogen) atoms. The minimum absolute atomic E-state index is 0.160. The number of ether oxygens (including phenoxy) is 1. The van der Waals surface area contributed by atoms with Crippen LogP contribution in [0.15, 0.2) is 36.7 Å². The molecule has 1 N–H and O–H groups in total. The highest BCUT2D eigenvalue weighted by atomic mass is 35.5. The number of nitrogens with zero attached hydrogens (tertiary/aromatic N) is 6. The number of piperazine rings is 1. The van der Waals surface area contributed by atoms with E-state index in [4.69, 9.17) is 16.3 Å². The second kappa shape index (κ2) is 8.81. The zero-order chi connectivity index (χ0) is 22.0. The summed E-state index contributed by atoms with van der Waals surface area (Å²) in [7, 11) is 1.55. The Balaban J connectivity index is 1.38. The van der Waals surface area contributed by atoms with Crippen molar-refractivity contribution in [1.82, 2.24) is 24.6 Å². The van der Waals surface area contributed by atoms with Gasteiger partial charge < -0.3 is 19.9 Å². The van der Waals surface area contributed by atoms with Crippen LogP contribution in [-0.4, -0.2) is 64.0 Å². The normalized spacial score (nSPS) is 13.9. The molecule has 0 spiro atoms. The van der Waals surface area contributed by atoms with Gasteiger partial charge in [-0.1, -0.05) is 11.6 Å². The number of nitrogens with one attached hydrogen (secondary N) is 1. The molecular formula is C21H24ClN7O2. The van der Waals surface area contributed by atoms with E-state index in [0.717, 1.165) is 23.0 Å². The van der Waals surface area contributed by atoms with Gasteiger partial charge in [0.2, 0.25) is 0 Å². The highest BCUT2D eigenvalue weighted by molar-refractivity contribution is 6.32. The smallest absolute Gasteiger partial charge is 0.321 e. The van der Waals surface area contributed by atoms with Crippen molar-refractivity contribution in [1.29, 1.82) is 0 Å². The predicted molar refractivity (Wildman–Crippen MR) is 119 cm³/mol. The van der Waals surface area contributed by atoms with E-state index < -0.39 is 0 Å². The van der Waals surface area contributed by atoms with Crippen LogP contribution in [0.5, 0.6) is 5.75 Å². The molecule has 3 heterocycles. The Morgan fingerprint density at radius 3 is 2.45 bits per heavy atom. The summed E-state index contributed by atoms with van der Waals surface area (Å²) in [4.78, 5) is 25.3. The maximum Gasteiger partial charge on any atom is 0.321 e. The SMILES string of the molecule is COc1ccc(NC(=O)N2CCN(c3cc(-n4nc(C)cc4C)ncn3)CC2)cc1Cl. The van der Waals surface area contributed by atoms with E-state index in [2.05, 4.69) is 25.3 Å². The van der Waals surface area contributed by atoms with Crippen LogP contribution in [0.25, 0.3) is 5.82 Å². The Morgan fingerprint density at radius 2 is 1.81 bits per heavy atom. The third-order valence-electron chi connectivity index (χ3n) is 5.16. The quantitative estimate of drug-likeness (QED) is 0.668. The van der Waals surface area contributed by atoms with Gasteiger partial charge in [-0.2, -0.15) is 5.10 Å². The zero-order valence-electron chi connectivity index (χ0n) is 17.7. The van der Waals surface area contributed by atoms with Gasteiger partial charge in [0.1, 0.15) is 17.9 Å². The molecule has 2 amide bonds. The molecule has 0 saturated carbocycles. The van der Waals surface area contributed by atoms with Crippen LogP contribution >= 0.6 is 11.6 Å². The van der Waals surface area contributed by atoms with Gasteiger partial charge >= 0.3 is 6.03 Å². The van der Waals surface area contributed by atoms with Gasteiger partial charge in [0, 0.05) is 43.6 Å². The molecule has 1 fully saturated rings. The van der Waals surface area contributed by atoms with Gasteiger partial charge in [-0.25, -0.2) is 19.4 Å². The van der Waals surface area contributed by atoms with Crippen LogP contribution < -0.4 is 15.0 Å². The number of benzene rings is 1. The van der Waals surface area contributed by atoms with Crippen molar-refractivity contribution in [3.05, 3.63) is 53.1 Å². The van der Waals surface area contributed by atoms with Crippen LogP contribution in [0.1, 0.15) is 11.4 Å². The molecule has 4 rings (SSSR count). The molecule has 3 aromatic rings. The molecule has 162 valence electrons. The van der Waals surface area contributed by atoms with Crippen molar-refractivity contribution in [3.63, 3.8) is 0 Å². The second-order valence-corrected chi connectivity index (χ2v) is 7.73. The maximum absolute atomic E-state index is 12.6. The van der Waals surface area contributed by atoms with Crippen molar-refractivity contribution < 1.29 is 9.53 Å². The minimum Gasteiger partial charge on any atom is -0.495 e. The standard InChI is InChI=1S/C21H24ClN7O2/c1-14-10-15(2)29(26-14)20-12-19(23-13-24-20)27-6-8-28(9-7-27)21(30)25-16-4-5-18(31-3)17(22)11-16/h4-5,10-13H,6-9H2,1-3H3,(H,25,30). The van der Waals surface area contributed by atoms with Crippen LogP contribution in [-0.2, 0) is 0 Å². The topological polar surface area (TPSA) is 88.4 Å². The molecule has 1 aromatic carbocycles. The lowest BCUT2D eigenvalue weighted by Gasteiger charge is -2.35.